The van der Waals surface area contributed by atoms with Crippen molar-refractivity contribution in [1.29, 1.82) is 0 Å². The highest BCUT2D eigenvalue weighted by Gasteiger charge is 2.26. The predicted molar refractivity (Wildman–Crippen MR) is 193 cm³/mol. The van der Waals surface area contributed by atoms with Gasteiger partial charge in [0, 0.05) is 26.9 Å². The zero-order valence-corrected chi connectivity index (χ0v) is 24.4. The first-order valence-corrected chi connectivity index (χ1v) is 15.7. The molecule has 45 heavy (non-hydrogen) atoms. The predicted octanol–water partition coefficient (Wildman–Crippen LogP) is 12.2. The Bertz CT molecular complexity index is 2890. The molecule has 0 amide bonds. The normalized spacial score (nSPS) is 12.4. The van der Waals surface area contributed by atoms with Crippen LogP contribution in [0.25, 0.3) is 104 Å². The van der Waals surface area contributed by atoms with Gasteiger partial charge in [-0.15, -0.1) is 0 Å². The third kappa shape index (κ3) is 2.84. The molecule has 0 unspecified atom stereocenters. The van der Waals surface area contributed by atoms with Crippen molar-refractivity contribution in [1.82, 2.24) is 4.57 Å². The molecule has 0 aliphatic heterocycles. The SMILES string of the molecule is c1ccc2c(c1)-c1cccc3c(-n4c5ccccc5c5c6c7ccccc7c7ccccc7c6c6ccccc6c54)ccc-2c13. The number of hydrogen-bond acceptors (Lipinski definition) is 0. The number of para-hydroxylation sites is 1. The summed E-state index contributed by atoms with van der Waals surface area (Å²) < 4.78 is 2.56. The topological polar surface area (TPSA) is 4.93 Å². The Morgan fingerprint density at radius 1 is 0.267 bits per heavy atom. The van der Waals surface area contributed by atoms with Crippen LogP contribution >= 0.6 is 0 Å². The molecular formula is C44H25N. The molecule has 0 radical (unpaired) electrons. The Labute approximate surface area is 259 Å². The molecule has 0 saturated heterocycles. The molecule has 11 rings (SSSR count). The first kappa shape index (κ1) is 23.5. The molecule has 1 nitrogen and oxygen atoms in total. The van der Waals surface area contributed by atoms with Gasteiger partial charge in [0.1, 0.15) is 0 Å². The molecule has 206 valence electrons. The van der Waals surface area contributed by atoms with E-state index in [1.165, 1.54) is 104 Å². The van der Waals surface area contributed by atoms with Crippen LogP contribution in [0.5, 0.6) is 0 Å². The molecule has 10 aromatic rings. The second-order valence-corrected chi connectivity index (χ2v) is 12.4. The van der Waals surface area contributed by atoms with Gasteiger partial charge < -0.3 is 4.57 Å². The van der Waals surface area contributed by atoms with Crippen LogP contribution in [0.4, 0.5) is 0 Å². The van der Waals surface area contributed by atoms with Crippen LogP contribution in [0.3, 0.4) is 0 Å². The molecule has 1 aromatic heterocycles. The van der Waals surface area contributed by atoms with Gasteiger partial charge in [0.25, 0.3) is 0 Å². The Kier molecular flexibility index (Phi) is 4.38. The molecule has 9 aromatic carbocycles. The van der Waals surface area contributed by atoms with Crippen LogP contribution in [0, 0.1) is 0 Å². The second-order valence-electron chi connectivity index (χ2n) is 12.4. The van der Waals surface area contributed by atoms with Crippen molar-refractivity contribution in [2.45, 2.75) is 0 Å². The fraction of sp³-hybridized carbons (Fsp3) is 0. The Balaban J connectivity index is 1.43. The molecule has 0 atom stereocenters. The number of hydrogen-bond donors (Lipinski definition) is 0. The van der Waals surface area contributed by atoms with Crippen LogP contribution in [0.1, 0.15) is 0 Å². The smallest absolute Gasteiger partial charge is 0.0626 e. The molecule has 1 heterocycles. The Hall–Kier alpha value is -5.92. The van der Waals surface area contributed by atoms with E-state index < -0.39 is 0 Å². The van der Waals surface area contributed by atoms with Crippen molar-refractivity contribution in [3.05, 3.63) is 152 Å². The van der Waals surface area contributed by atoms with Gasteiger partial charge in [-0.1, -0.05) is 140 Å². The highest BCUT2D eigenvalue weighted by molar-refractivity contribution is 6.43. The molecule has 0 bridgehead atoms. The molecule has 0 fully saturated rings. The van der Waals surface area contributed by atoms with E-state index in [9.17, 15) is 0 Å². The fourth-order valence-electron chi connectivity index (χ4n) is 8.57. The first-order valence-electron chi connectivity index (χ1n) is 15.7. The lowest BCUT2D eigenvalue weighted by molar-refractivity contribution is 1.21. The fourth-order valence-corrected chi connectivity index (χ4v) is 8.57. The van der Waals surface area contributed by atoms with Gasteiger partial charge in [-0.3, -0.25) is 0 Å². The Morgan fingerprint density at radius 3 is 1.47 bits per heavy atom. The van der Waals surface area contributed by atoms with Gasteiger partial charge in [-0.2, -0.15) is 0 Å². The summed E-state index contributed by atoms with van der Waals surface area (Å²) in [5.74, 6) is 0. The van der Waals surface area contributed by atoms with Crippen molar-refractivity contribution in [2.24, 2.45) is 0 Å². The maximum atomic E-state index is 2.56. The maximum Gasteiger partial charge on any atom is 0.0626 e. The summed E-state index contributed by atoms with van der Waals surface area (Å²) >= 11 is 0. The zero-order chi connectivity index (χ0) is 29.2. The average Bonchev–Trinajstić information content (AvgIpc) is 3.63. The number of fused-ring (bicyclic) bond motifs is 16. The van der Waals surface area contributed by atoms with Crippen molar-refractivity contribution < 1.29 is 0 Å². The van der Waals surface area contributed by atoms with Crippen molar-refractivity contribution in [3.63, 3.8) is 0 Å². The third-order valence-electron chi connectivity index (χ3n) is 10.3. The van der Waals surface area contributed by atoms with Crippen LogP contribution in [0.15, 0.2) is 152 Å². The van der Waals surface area contributed by atoms with E-state index in [0.29, 0.717) is 0 Å². The molecule has 1 heteroatoms. The van der Waals surface area contributed by atoms with Crippen LogP contribution in [-0.4, -0.2) is 4.57 Å². The first-order chi connectivity index (χ1) is 22.4. The van der Waals surface area contributed by atoms with Crippen molar-refractivity contribution in [3.8, 4) is 27.9 Å². The highest BCUT2D eigenvalue weighted by Crippen LogP contribution is 2.51. The minimum atomic E-state index is 1.23. The molecule has 1 aliphatic rings. The quantitative estimate of drug-likeness (QED) is 0.174. The monoisotopic (exact) mass is 567 g/mol. The summed E-state index contributed by atoms with van der Waals surface area (Å²) in [5.41, 5.74) is 9.04. The van der Waals surface area contributed by atoms with E-state index in [4.69, 9.17) is 0 Å². The van der Waals surface area contributed by atoms with Gasteiger partial charge in [0.05, 0.1) is 16.7 Å². The van der Waals surface area contributed by atoms with Crippen molar-refractivity contribution in [2.75, 3.05) is 0 Å². The van der Waals surface area contributed by atoms with Crippen LogP contribution in [0.2, 0.25) is 0 Å². The summed E-state index contributed by atoms with van der Waals surface area (Å²) in [7, 11) is 0. The van der Waals surface area contributed by atoms with Crippen LogP contribution in [-0.2, 0) is 0 Å². The van der Waals surface area contributed by atoms with E-state index in [1.807, 2.05) is 0 Å². The van der Waals surface area contributed by atoms with E-state index in [1.54, 1.807) is 0 Å². The van der Waals surface area contributed by atoms with Crippen LogP contribution < -0.4 is 0 Å². The van der Waals surface area contributed by atoms with Gasteiger partial charge in [-0.05, 0) is 72.1 Å². The number of benzene rings is 9. The third-order valence-corrected chi connectivity index (χ3v) is 10.3. The van der Waals surface area contributed by atoms with Gasteiger partial charge >= 0.3 is 0 Å². The second kappa shape index (κ2) is 8.37. The molecule has 0 saturated carbocycles. The largest absolute Gasteiger partial charge is 0.308 e. The average molecular weight is 568 g/mol. The van der Waals surface area contributed by atoms with E-state index >= 15 is 0 Å². The molecule has 1 aliphatic carbocycles. The minimum absolute atomic E-state index is 1.23. The zero-order valence-electron chi connectivity index (χ0n) is 24.4. The molecular weight excluding hydrogens is 542 g/mol. The highest BCUT2D eigenvalue weighted by atomic mass is 15.0. The standard InChI is InChI=1S/C44H25N/c1-2-15-29-26(12-1)30-21-11-22-36-39(25-24-34(29)40(30)36)45-38-23-10-9-20-37(38)43-42-32-17-6-4-14-28(32)27-13-3-5-16-31(27)41(42)33-18-7-8-19-35(33)44(43)45/h1-25H. The number of rotatable bonds is 1. The number of aromatic nitrogens is 1. The van der Waals surface area contributed by atoms with E-state index in [0.717, 1.165) is 0 Å². The van der Waals surface area contributed by atoms with Gasteiger partial charge in [-0.25, -0.2) is 0 Å². The maximum absolute atomic E-state index is 2.56. The lowest BCUT2D eigenvalue weighted by atomic mass is 9.88. The molecule has 0 spiro atoms. The molecule has 0 N–H and O–H groups in total. The lowest BCUT2D eigenvalue weighted by Crippen LogP contribution is -1.97. The summed E-state index contributed by atoms with van der Waals surface area (Å²) in [5, 5.41) is 15.7. The Morgan fingerprint density at radius 2 is 0.756 bits per heavy atom. The summed E-state index contributed by atoms with van der Waals surface area (Å²) in [6.07, 6.45) is 0. The number of nitrogens with zero attached hydrogens (tertiary/aromatic N) is 1. The van der Waals surface area contributed by atoms with E-state index in [2.05, 4.69) is 156 Å². The summed E-state index contributed by atoms with van der Waals surface area (Å²) in [6, 6.07) is 56.3. The van der Waals surface area contributed by atoms with Gasteiger partial charge in [0.2, 0.25) is 0 Å². The lowest BCUT2D eigenvalue weighted by Gasteiger charge is -2.17. The summed E-state index contributed by atoms with van der Waals surface area (Å²) in [4.78, 5) is 0. The van der Waals surface area contributed by atoms with Crippen molar-refractivity contribution >= 4 is 75.7 Å². The minimum Gasteiger partial charge on any atom is -0.308 e. The van der Waals surface area contributed by atoms with Gasteiger partial charge in [0.15, 0.2) is 0 Å². The summed E-state index contributed by atoms with van der Waals surface area (Å²) in [6.45, 7) is 0. The van der Waals surface area contributed by atoms with E-state index in [-0.39, 0.29) is 0 Å².